The second-order valence-electron chi connectivity index (χ2n) is 8.43. The minimum atomic E-state index is -3.49. The summed E-state index contributed by atoms with van der Waals surface area (Å²) in [5.41, 5.74) is 2.80. The van der Waals surface area contributed by atoms with Gasteiger partial charge >= 0.3 is 0 Å². The van der Waals surface area contributed by atoms with E-state index in [4.69, 9.17) is 4.42 Å². The van der Waals surface area contributed by atoms with E-state index in [1.54, 1.807) is 28.6 Å². The van der Waals surface area contributed by atoms with Crippen LogP contribution in [0.5, 0.6) is 0 Å². The van der Waals surface area contributed by atoms with Crippen molar-refractivity contribution in [2.75, 3.05) is 30.3 Å². The number of nitrogens with zero attached hydrogens (tertiary/aromatic N) is 4. The summed E-state index contributed by atoms with van der Waals surface area (Å²) >= 11 is 1.20. The molecule has 178 valence electrons. The molecule has 2 aromatic carbocycles. The van der Waals surface area contributed by atoms with Gasteiger partial charge in [-0.3, -0.25) is 4.79 Å². The zero-order chi connectivity index (χ0) is 23.5. The SMILES string of the molecule is O=C(CSc1nnc(-c2ccc(S(=O)(=O)N3CCCCC3)cc2)o1)N1CCCc2ccccc21. The predicted octanol–water partition coefficient (Wildman–Crippen LogP) is 3.98. The lowest BCUT2D eigenvalue weighted by atomic mass is 10.0. The number of piperidine rings is 1. The minimum Gasteiger partial charge on any atom is -0.411 e. The third-order valence-electron chi connectivity index (χ3n) is 6.19. The van der Waals surface area contributed by atoms with Crippen molar-refractivity contribution in [3.63, 3.8) is 0 Å². The Labute approximate surface area is 203 Å². The molecule has 1 amide bonds. The lowest BCUT2D eigenvalue weighted by Gasteiger charge is -2.29. The average Bonchev–Trinajstić information content (AvgIpc) is 3.37. The first-order valence-electron chi connectivity index (χ1n) is 11.5. The molecule has 8 nitrogen and oxygen atoms in total. The van der Waals surface area contributed by atoms with E-state index in [9.17, 15) is 13.2 Å². The van der Waals surface area contributed by atoms with Crippen LogP contribution in [0.2, 0.25) is 0 Å². The number of thioether (sulfide) groups is 1. The highest BCUT2D eigenvalue weighted by molar-refractivity contribution is 7.99. The molecule has 10 heteroatoms. The van der Waals surface area contributed by atoms with E-state index in [2.05, 4.69) is 16.3 Å². The van der Waals surface area contributed by atoms with E-state index in [0.29, 0.717) is 36.3 Å². The molecule has 0 radical (unpaired) electrons. The molecule has 2 aliphatic rings. The van der Waals surface area contributed by atoms with Gasteiger partial charge in [0.15, 0.2) is 0 Å². The first-order valence-corrected chi connectivity index (χ1v) is 13.9. The number of hydrogen-bond acceptors (Lipinski definition) is 7. The van der Waals surface area contributed by atoms with Gasteiger partial charge in [-0.2, -0.15) is 4.31 Å². The van der Waals surface area contributed by atoms with E-state index in [-0.39, 0.29) is 16.6 Å². The van der Waals surface area contributed by atoms with Gasteiger partial charge < -0.3 is 9.32 Å². The zero-order valence-corrected chi connectivity index (χ0v) is 20.4. The van der Waals surface area contributed by atoms with Gasteiger partial charge in [-0.15, -0.1) is 10.2 Å². The Bertz CT molecular complexity index is 1270. The van der Waals surface area contributed by atoms with Crippen LogP contribution >= 0.6 is 11.8 Å². The number of aryl methyl sites for hydroxylation is 1. The molecule has 3 aromatic rings. The monoisotopic (exact) mass is 498 g/mol. The fraction of sp³-hybridized carbons (Fsp3) is 0.375. The lowest BCUT2D eigenvalue weighted by molar-refractivity contribution is -0.116. The van der Waals surface area contributed by atoms with Gasteiger partial charge in [-0.25, -0.2) is 8.42 Å². The third kappa shape index (κ3) is 4.75. The van der Waals surface area contributed by atoms with Gasteiger partial charge in [0, 0.05) is 30.9 Å². The Morgan fingerprint density at radius 2 is 1.71 bits per heavy atom. The highest BCUT2D eigenvalue weighted by Gasteiger charge is 2.26. The number of fused-ring (bicyclic) bond motifs is 1. The summed E-state index contributed by atoms with van der Waals surface area (Å²) in [5.74, 6) is 0.493. The summed E-state index contributed by atoms with van der Waals surface area (Å²) < 4.78 is 32.9. The van der Waals surface area contributed by atoms with Gasteiger partial charge in [0.05, 0.1) is 10.6 Å². The largest absolute Gasteiger partial charge is 0.411 e. The smallest absolute Gasteiger partial charge is 0.277 e. The molecule has 0 spiro atoms. The van der Waals surface area contributed by atoms with Crippen LogP contribution in [0, 0.1) is 0 Å². The summed E-state index contributed by atoms with van der Waals surface area (Å²) in [6.45, 7) is 1.84. The molecule has 1 aromatic heterocycles. The Morgan fingerprint density at radius 1 is 0.941 bits per heavy atom. The maximum atomic E-state index is 12.8. The van der Waals surface area contributed by atoms with E-state index in [1.165, 1.54) is 17.3 Å². The number of carbonyl (C=O) groups is 1. The molecule has 0 aliphatic carbocycles. The van der Waals surface area contributed by atoms with Crippen molar-refractivity contribution in [3.8, 4) is 11.5 Å². The minimum absolute atomic E-state index is 0.00386. The number of hydrogen-bond donors (Lipinski definition) is 0. The number of benzene rings is 2. The Hall–Kier alpha value is -2.69. The van der Waals surface area contributed by atoms with Gasteiger partial charge in [-0.05, 0) is 61.6 Å². The molecule has 0 N–H and O–H groups in total. The second kappa shape index (κ2) is 9.89. The van der Waals surface area contributed by atoms with Crippen LogP contribution < -0.4 is 4.90 Å². The predicted molar refractivity (Wildman–Crippen MR) is 130 cm³/mol. The first kappa shape index (κ1) is 23.1. The Morgan fingerprint density at radius 3 is 2.50 bits per heavy atom. The standard InChI is InChI=1S/C24H26N4O4S2/c29-22(28-16-6-8-18-7-2-3-9-21(18)28)17-33-24-26-25-23(32-24)19-10-12-20(13-11-19)34(30,31)27-14-4-1-5-15-27/h2-3,7,9-13H,1,4-6,8,14-17H2. The lowest BCUT2D eigenvalue weighted by Crippen LogP contribution is -2.36. The molecule has 2 aliphatic heterocycles. The summed E-state index contributed by atoms with van der Waals surface area (Å²) in [5, 5.41) is 8.42. The van der Waals surface area contributed by atoms with Crippen molar-refractivity contribution in [1.29, 1.82) is 0 Å². The molecule has 0 bridgehead atoms. The fourth-order valence-electron chi connectivity index (χ4n) is 4.40. The number of para-hydroxylation sites is 1. The fourth-order valence-corrected chi connectivity index (χ4v) is 6.56. The molecule has 3 heterocycles. The van der Waals surface area contributed by atoms with Crippen LogP contribution in [0.1, 0.15) is 31.2 Å². The van der Waals surface area contributed by atoms with E-state index in [1.807, 2.05) is 23.1 Å². The molecule has 5 rings (SSSR count). The molecule has 0 unspecified atom stereocenters. The van der Waals surface area contributed by atoms with Crippen LogP contribution in [-0.4, -0.2) is 54.2 Å². The number of carbonyl (C=O) groups excluding carboxylic acids is 1. The van der Waals surface area contributed by atoms with Crippen molar-refractivity contribution < 1.29 is 17.6 Å². The number of rotatable bonds is 6. The molecule has 1 saturated heterocycles. The van der Waals surface area contributed by atoms with Crippen LogP contribution in [0.3, 0.4) is 0 Å². The highest BCUT2D eigenvalue weighted by Crippen LogP contribution is 2.29. The summed E-state index contributed by atoms with van der Waals surface area (Å²) in [6, 6.07) is 14.5. The van der Waals surface area contributed by atoms with Crippen molar-refractivity contribution in [2.24, 2.45) is 0 Å². The Kier molecular flexibility index (Phi) is 6.71. The van der Waals surface area contributed by atoms with Gasteiger partial charge in [0.1, 0.15) is 0 Å². The van der Waals surface area contributed by atoms with Crippen LogP contribution in [0.25, 0.3) is 11.5 Å². The highest BCUT2D eigenvalue weighted by atomic mass is 32.2. The van der Waals surface area contributed by atoms with E-state index in [0.717, 1.165) is 37.8 Å². The molecule has 0 atom stereocenters. The topological polar surface area (TPSA) is 96.6 Å². The first-order chi connectivity index (χ1) is 16.5. The zero-order valence-electron chi connectivity index (χ0n) is 18.7. The van der Waals surface area contributed by atoms with Gasteiger partial charge in [-0.1, -0.05) is 36.4 Å². The molecular weight excluding hydrogens is 472 g/mol. The van der Waals surface area contributed by atoms with E-state index < -0.39 is 10.0 Å². The number of aromatic nitrogens is 2. The van der Waals surface area contributed by atoms with E-state index >= 15 is 0 Å². The van der Waals surface area contributed by atoms with Gasteiger partial charge in [0.25, 0.3) is 5.22 Å². The molecular formula is C24H26N4O4S2. The number of sulfonamides is 1. The van der Waals surface area contributed by atoms with Crippen molar-refractivity contribution >= 4 is 33.4 Å². The maximum absolute atomic E-state index is 12.8. The summed E-state index contributed by atoms with van der Waals surface area (Å²) in [4.78, 5) is 14.9. The second-order valence-corrected chi connectivity index (χ2v) is 11.3. The maximum Gasteiger partial charge on any atom is 0.277 e. The number of anilines is 1. The van der Waals surface area contributed by atoms with Crippen molar-refractivity contribution in [1.82, 2.24) is 14.5 Å². The summed E-state index contributed by atoms with van der Waals surface area (Å²) in [6.07, 6.45) is 4.79. The van der Waals surface area contributed by atoms with Crippen LogP contribution in [0.15, 0.2) is 63.1 Å². The Balaban J connectivity index is 1.23. The third-order valence-corrected chi connectivity index (χ3v) is 8.91. The number of amides is 1. The van der Waals surface area contributed by atoms with Crippen molar-refractivity contribution in [3.05, 3.63) is 54.1 Å². The molecule has 34 heavy (non-hydrogen) atoms. The van der Waals surface area contributed by atoms with Crippen LogP contribution in [0.4, 0.5) is 5.69 Å². The summed E-state index contributed by atoms with van der Waals surface area (Å²) in [7, 11) is -3.49. The van der Waals surface area contributed by atoms with Crippen molar-refractivity contribution in [2.45, 2.75) is 42.2 Å². The van der Waals surface area contributed by atoms with Gasteiger partial charge in [0.2, 0.25) is 21.8 Å². The normalized spacial score (nSPS) is 16.9. The molecule has 1 fully saturated rings. The molecule has 0 saturated carbocycles. The van der Waals surface area contributed by atoms with Crippen LogP contribution in [-0.2, 0) is 21.2 Å². The quantitative estimate of drug-likeness (QED) is 0.474. The average molecular weight is 499 g/mol.